The SMILES string of the molecule is Cc1cccc(C)c1-c1cc2nc(n1)NSc1cccc(c1)C(=O)N(Cc1ncc(NC(=O)OC(C)C)cn1)[C@H](CC(C)(C)C)CO2. The standard InChI is InChI=1S/C35H41N7O4S/c1-21(2)46-34(44)38-25-17-36-29(37-18-25)19-42-26(16-35(5,6)7)20-45-30-15-28(31-22(3)10-8-11-23(31)4)39-33(40-30)41-47-27-13-9-12-24(14-27)32(42)43/h8-15,17-18,21,26H,16,19-20H2,1-7H3,(H,38,44)(H,39,40,41)/t26-/m1/s1. The number of hydrogen-bond donors (Lipinski definition) is 2. The van der Waals surface area contributed by atoms with Gasteiger partial charge in [0.1, 0.15) is 12.4 Å². The maximum absolute atomic E-state index is 14.3. The number of ether oxygens (including phenoxy) is 2. The number of nitrogens with zero attached hydrogens (tertiary/aromatic N) is 5. The van der Waals surface area contributed by atoms with E-state index in [1.807, 2.05) is 30.3 Å². The van der Waals surface area contributed by atoms with Crippen LogP contribution in [0.1, 0.15) is 68.3 Å². The Morgan fingerprint density at radius 1 is 1.09 bits per heavy atom. The molecule has 3 heterocycles. The van der Waals surface area contributed by atoms with Gasteiger partial charge < -0.3 is 14.4 Å². The highest BCUT2D eigenvalue weighted by molar-refractivity contribution is 8.00. The monoisotopic (exact) mass is 655 g/mol. The number of amides is 2. The van der Waals surface area contributed by atoms with Crippen LogP contribution >= 0.6 is 11.9 Å². The summed E-state index contributed by atoms with van der Waals surface area (Å²) in [5, 5.41) is 2.63. The lowest BCUT2D eigenvalue weighted by Gasteiger charge is -2.35. The molecular weight excluding hydrogens is 614 g/mol. The minimum absolute atomic E-state index is 0.123. The van der Waals surface area contributed by atoms with E-state index in [-0.39, 0.29) is 36.6 Å². The van der Waals surface area contributed by atoms with E-state index in [9.17, 15) is 9.59 Å². The summed E-state index contributed by atoms with van der Waals surface area (Å²) in [5.74, 6) is 1.05. The molecule has 1 aliphatic rings. The summed E-state index contributed by atoms with van der Waals surface area (Å²) in [6, 6.07) is 15.1. The average molecular weight is 656 g/mol. The topological polar surface area (TPSA) is 131 Å². The molecule has 2 amide bonds. The maximum atomic E-state index is 14.3. The Kier molecular flexibility index (Phi) is 10.3. The van der Waals surface area contributed by atoms with Crippen molar-refractivity contribution in [3.63, 3.8) is 0 Å². The zero-order valence-electron chi connectivity index (χ0n) is 27.8. The van der Waals surface area contributed by atoms with Gasteiger partial charge in [-0.25, -0.2) is 19.7 Å². The van der Waals surface area contributed by atoms with Gasteiger partial charge in [0.15, 0.2) is 0 Å². The van der Waals surface area contributed by atoms with Gasteiger partial charge in [0.25, 0.3) is 5.91 Å². The Labute approximate surface area is 280 Å². The van der Waals surface area contributed by atoms with Gasteiger partial charge in [-0.15, -0.1) is 0 Å². The molecule has 1 aliphatic heterocycles. The number of benzene rings is 2. The third-order valence-corrected chi connectivity index (χ3v) is 8.13. The molecule has 0 unspecified atom stereocenters. The molecule has 5 rings (SSSR count). The van der Waals surface area contributed by atoms with Gasteiger partial charge in [-0.05, 0) is 80.8 Å². The van der Waals surface area contributed by atoms with Crippen LogP contribution in [0.5, 0.6) is 5.88 Å². The molecule has 0 fully saturated rings. The Hall–Kier alpha value is -4.71. The van der Waals surface area contributed by atoms with Crippen molar-refractivity contribution in [2.24, 2.45) is 5.41 Å². The van der Waals surface area contributed by atoms with E-state index in [4.69, 9.17) is 19.4 Å². The molecule has 4 bridgehead atoms. The van der Waals surface area contributed by atoms with E-state index in [2.05, 4.69) is 66.8 Å². The molecule has 47 heavy (non-hydrogen) atoms. The molecule has 0 radical (unpaired) electrons. The molecule has 246 valence electrons. The van der Waals surface area contributed by atoms with Gasteiger partial charge in [-0.1, -0.05) is 45.0 Å². The second-order valence-electron chi connectivity index (χ2n) is 13.0. The highest BCUT2D eigenvalue weighted by Crippen LogP contribution is 2.32. The number of anilines is 2. The number of aryl methyl sites for hydroxylation is 2. The Bertz CT molecular complexity index is 1720. The van der Waals surface area contributed by atoms with Crippen molar-refractivity contribution < 1.29 is 19.1 Å². The second kappa shape index (κ2) is 14.4. The fraction of sp³-hybridized carbons (Fsp3) is 0.371. The maximum Gasteiger partial charge on any atom is 0.411 e. The molecule has 2 aromatic heterocycles. The first-order valence-electron chi connectivity index (χ1n) is 15.6. The van der Waals surface area contributed by atoms with Gasteiger partial charge >= 0.3 is 6.09 Å². The van der Waals surface area contributed by atoms with Crippen LogP contribution in [0.3, 0.4) is 0 Å². The minimum Gasteiger partial charge on any atom is -0.475 e. The average Bonchev–Trinajstić information content (AvgIpc) is 3.00. The summed E-state index contributed by atoms with van der Waals surface area (Å²) in [6.45, 7) is 14.4. The third-order valence-electron chi connectivity index (χ3n) is 7.36. The lowest BCUT2D eigenvalue weighted by atomic mass is 9.87. The van der Waals surface area contributed by atoms with E-state index in [1.54, 1.807) is 24.8 Å². The number of rotatable bonds is 6. The van der Waals surface area contributed by atoms with Crippen LogP contribution in [0.25, 0.3) is 11.3 Å². The number of aromatic nitrogens is 4. The van der Waals surface area contributed by atoms with Gasteiger partial charge in [-0.3, -0.25) is 14.8 Å². The van der Waals surface area contributed by atoms with E-state index in [0.717, 1.165) is 27.3 Å². The van der Waals surface area contributed by atoms with Crippen LogP contribution in [0, 0.1) is 19.3 Å². The highest BCUT2D eigenvalue weighted by Gasteiger charge is 2.31. The zero-order chi connectivity index (χ0) is 33.7. The van der Waals surface area contributed by atoms with Gasteiger partial charge in [0, 0.05) is 22.1 Å². The molecule has 1 atom stereocenters. The van der Waals surface area contributed by atoms with Crippen molar-refractivity contribution in [3.05, 3.63) is 83.4 Å². The fourth-order valence-electron chi connectivity index (χ4n) is 5.38. The highest BCUT2D eigenvalue weighted by atomic mass is 32.2. The molecule has 2 aromatic carbocycles. The predicted molar refractivity (Wildman–Crippen MR) is 183 cm³/mol. The first-order valence-corrected chi connectivity index (χ1v) is 16.4. The molecule has 4 aromatic rings. The zero-order valence-corrected chi connectivity index (χ0v) is 28.6. The van der Waals surface area contributed by atoms with Crippen molar-refractivity contribution in [2.45, 2.75) is 78.5 Å². The first-order chi connectivity index (χ1) is 22.3. The molecule has 12 heteroatoms. The fourth-order valence-corrected chi connectivity index (χ4v) is 6.02. The molecule has 2 N–H and O–H groups in total. The van der Waals surface area contributed by atoms with E-state index in [1.165, 1.54) is 24.3 Å². The molecular formula is C35H41N7O4S. The van der Waals surface area contributed by atoms with Crippen LogP contribution in [0.4, 0.5) is 16.4 Å². The Morgan fingerprint density at radius 3 is 2.47 bits per heavy atom. The first kappa shape index (κ1) is 33.6. The molecule has 0 saturated carbocycles. The van der Waals surface area contributed by atoms with E-state index in [0.29, 0.717) is 35.3 Å². The van der Waals surface area contributed by atoms with E-state index < -0.39 is 6.09 Å². The summed E-state index contributed by atoms with van der Waals surface area (Å²) >= 11 is 1.32. The summed E-state index contributed by atoms with van der Waals surface area (Å²) < 4.78 is 14.8. The summed E-state index contributed by atoms with van der Waals surface area (Å²) in [5.41, 5.74) is 4.73. The summed E-state index contributed by atoms with van der Waals surface area (Å²) in [7, 11) is 0. The lowest BCUT2D eigenvalue weighted by Crippen LogP contribution is -2.45. The number of fused-ring (bicyclic) bond motifs is 4. The Balaban J connectivity index is 1.52. The van der Waals surface area contributed by atoms with Crippen LogP contribution in [-0.2, 0) is 11.3 Å². The van der Waals surface area contributed by atoms with Crippen molar-refractivity contribution in [1.82, 2.24) is 24.8 Å². The molecule has 11 nitrogen and oxygen atoms in total. The summed E-state index contributed by atoms with van der Waals surface area (Å²) in [6.07, 6.45) is 2.79. The molecule has 0 spiro atoms. The minimum atomic E-state index is -0.589. The van der Waals surface area contributed by atoms with Crippen molar-refractivity contribution >= 4 is 35.6 Å². The number of carbonyl (C=O) groups is 2. The smallest absolute Gasteiger partial charge is 0.411 e. The van der Waals surface area contributed by atoms with Gasteiger partial charge in [0.2, 0.25) is 11.8 Å². The lowest BCUT2D eigenvalue weighted by molar-refractivity contribution is 0.0505. The summed E-state index contributed by atoms with van der Waals surface area (Å²) in [4.78, 5) is 47.5. The van der Waals surface area contributed by atoms with Crippen LogP contribution in [0.15, 0.2) is 65.8 Å². The number of hydrogen-bond acceptors (Lipinski definition) is 10. The van der Waals surface area contributed by atoms with Crippen LogP contribution in [0.2, 0.25) is 0 Å². The van der Waals surface area contributed by atoms with Crippen molar-refractivity contribution in [1.29, 1.82) is 0 Å². The van der Waals surface area contributed by atoms with E-state index >= 15 is 0 Å². The molecule has 0 aliphatic carbocycles. The van der Waals surface area contributed by atoms with Crippen LogP contribution in [-0.4, -0.2) is 55.6 Å². The number of nitrogens with one attached hydrogen (secondary N) is 2. The Morgan fingerprint density at radius 2 is 1.79 bits per heavy atom. The molecule has 0 saturated heterocycles. The third kappa shape index (κ3) is 8.97. The second-order valence-corrected chi connectivity index (χ2v) is 13.9. The van der Waals surface area contributed by atoms with Gasteiger partial charge in [-0.2, -0.15) is 4.98 Å². The van der Waals surface area contributed by atoms with Gasteiger partial charge in [0.05, 0.1) is 42.5 Å². The largest absolute Gasteiger partial charge is 0.475 e. The number of carbonyl (C=O) groups excluding carboxylic acids is 2. The normalized spacial score (nSPS) is 15.1. The van der Waals surface area contributed by atoms with Crippen molar-refractivity contribution in [3.8, 4) is 17.1 Å². The quantitative estimate of drug-likeness (QED) is 0.202. The van der Waals surface area contributed by atoms with Crippen molar-refractivity contribution in [2.75, 3.05) is 16.6 Å². The predicted octanol–water partition coefficient (Wildman–Crippen LogP) is 7.47. The van der Waals surface area contributed by atoms with Crippen LogP contribution < -0.4 is 14.8 Å².